The fourth-order valence-electron chi connectivity index (χ4n) is 1.52. The summed E-state index contributed by atoms with van der Waals surface area (Å²) < 4.78 is 0. The van der Waals surface area contributed by atoms with Crippen molar-refractivity contribution >= 4 is 17.9 Å². The fourth-order valence-corrected chi connectivity index (χ4v) is 1.52. The van der Waals surface area contributed by atoms with Crippen LogP contribution in [0.15, 0.2) is 0 Å². The Labute approximate surface area is 72.8 Å². The zero-order valence-corrected chi connectivity index (χ0v) is 6.56. The molecule has 0 amide bonds. The lowest BCUT2D eigenvalue weighted by Crippen LogP contribution is -2.55. The smallest absolute Gasteiger partial charge is 0.321 e. The minimum Gasteiger partial charge on any atom is -0.481 e. The van der Waals surface area contributed by atoms with Crippen molar-refractivity contribution in [2.24, 2.45) is 11.3 Å². The van der Waals surface area contributed by atoms with Gasteiger partial charge in [-0.3, -0.25) is 14.4 Å². The van der Waals surface area contributed by atoms with Gasteiger partial charge in [0.1, 0.15) is 0 Å². The van der Waals surface area contributed by atoms with E-state index in [0.29, 0.717) is 0 Å². The molecule has 1 fully saturated rings. The first-order valence-corrected chi connectivity index (χ1v) is 3.62. The average Bonchev–Trinajstić information content (AvgIpc) is 1.80. The summed E-state index contributed by atoms with van der Waals surface area (Å²) in [7, 11) is 0. The monoisotopic (exact) mass is 188 g/mol. The van der Waals surface area contributed by atoms with Crippen molar-refractivity contribution in [1.82, 2.24) is 0 Å². The van der Waals surface area contributed by atoms with Crippen molar-refractivity contribution in [3.8, 4) is 0 Å². The Morgan fingerprint density at radius 1 is 1.08 bits per heavy atom. The van der Waals surface area contributed by atoms with Crippen LogP contribution in [0.25, 0.3) is 0 Å². The largest absolute Gasteiger partial charge is 0.481 e. The molecule has 0 radical (unpaired) electrons. The first-order chi connectivity index (χ1) is 5.93. The standard InChI is InChI=1S/C7H8O6/c8-4(9)3-1-2-7(3,5(10)11)6(12)13/h3H,1-2H2,(H,8,9)(H,10,11)(H,12,13)/t3-/m0/s1. The summed E-state index contributed by atoms with van der Waals surface area (Å²) in [6.07, 6.45) is -0.0113. The maximum atomic E-state index is 10.6. The summed E-state index contributed by atoms with van der Waals surface area (Å²) in [4.78, 5) is 31.7. The van der Waals surface area contributed by atoms with E-state index in [1.54, 1.807) is 0 Å². The molecule has 0 unspecified atom stereocenters. The van der Waals surface area contributed by atoms with Gasteiger partial charge >= 0.3 is 17.9 Å². The van der Waals surface area contributed by atoms with Crippen molar-refractivity contribution in [2.45, 2.75) is 12.8 Å². The van der Waals surface area contributed by atoms with Crippen LogP contribution in [0.1, 0.15) is 12.8 Å². The van der Waals surface area contributed by atoms with Gasteiger partial charge in [0.05, 0.1) is 5.92 Å². The number of hydrogen-bond acceptors (Lipinski definition) is 3. The summed E-state index contributed by atoms with van der Waals surface area (Å²) >= 11 is 0. The van der Waals surface area contributed by atoms with E-state index in [1.165, 1.54) is 0 Å². The number of carbonyl (C=O) groups is 3. The van der Waals surface area contributed by atoms with Gasteiger partial charge in [0.25, 0.3) is 0 Å². The van der Waals surface area contributed by atoms with Gasteiger partial charge in [-0.1, -0.05) is 0 Å². The van der Waals surface area contributed by atoms with Gasteiger partial charge in [-0.25, -0.2) is 0 Å². The van der Waals surface area contributed by atoms with E-state index >= 15 is 0 Å². The van der Waals surface area contributed by atoms with Gasteiger partial charge in [0.2, 0.25) is 0 Å². The Morgan fingerprint density at radius 3 is 1.62 bits per heavy atom. The molecule has 13 heavy (non-hydrogen) atoms. The third-order valence-electron chi connectivity index (χ3n) is 2.48. The molecule has 1 atom stereocenters. The summed E-state index contributed by atoms with van der Waals surface area (Å²) in [6, 6.07) is 0. The molecular weight excluding hydrogens is 180 g/mol. The molecule has 0 bridgehead atoms. The molecule has 0 aromatic heterocycles. The van der Waals surface area contributed by atoms with Crippen LogP contribution >= 0.6 is 0 Å². The summed E-state index contributed by atoms with van der Waals surface area (Å²) in [5, 5.41) is 25.8. The predicted octanol–water partition coefficient (Wildman–Crippen LogP) is -0.363. The highest BCUT2D eigenvalue weighted by atomic mass is 16.4. The van der Waals surface area contributed by atoms with E-state index in [2.05, 4.69) is 0 Å². The zero-order valence-electron chi connectivity index (χ0n) is 6.56. The predicted molar refractivity (Wildman–Crippen MR) is 38.1 cm³/mol. The third kappa shape index (κ3) is 1.06. The second-order valence-corrected chi connectivity index (χ2v) is 3.01. The maximum Gasteiger partial charge on any atom is 0.321 e. The van der Waals surface area contributed by atoms with Crippen molar-refractivity contribution < 1.29 is 29.7 Å². The van der Waals surface area contributed by atoms with Gasteiger partial charge in [-0.15, -0.1) is 0 Å². The molecule has 0 heterocycles. The molecule has 0 aliphatic heterocycles. The summed E-state index contributed by atoms with van der Waals surface area (Å²) in [5.41, 5.74) is -2.11. The summed E-state index contributed by atoms with van der Waals surface area (Å²) in [6.45, 7) is 0. The van der Waals surface area contributed by atoms with Gasteiger partial charge in [-0.2, -0.15) is 0 Å². The van der Waals surface area contributed by atoms with E-state index in [-0.39, 0.29) is 12.8 Å². The van der Waals surface area contributed by atoms with E-state index in [9.17, 15) is 14.4 Å². The second kappa shape index (κ2) is 2.72. The van der Waals surface area contributed by atoms with Crippen LogP contribution in [0.4, 0.5) is 0 Å². The Hall–Kier alpha value is -1.59. The lowest BCUT2D eigenvalue weighted by atomic mass is 9.60. The van der Waals surface area contributed by atoms with Gasteiger partial charge in [0.15, 0.2) is 5.41 Å². The van der Waals surface area contributed by atoms with Crippen LogP contribution in [0.5, 0.6) is 0 Å². The quantitative estimate of drug-likeness (QED) is 0.521. The molecule has 0 aromatic rings. The summed E-state index contributed by atoms with van der Waals surface area (Å²) in [5.74, 6) is -5.81. The molecule has 1 aliphatic carbocycles. The van der Waals surface area contributed by atoms with Crippen molar-refractivity contribution in [3.63, 3.8) is 0 Å². The van der Waals surface area contributed by atoms with Gasteiger partial charge in [0, 0.05) is 0 Å². The number of rotatable bonds is 3. The topological polar surface area (TPSA) is 112 Å². The number of hydrogen-bond donors (Lipinski definition) is 3. The number of carboxylic acid groups (broad SMARTS) is 3. The van der Waals surface area contributed by atoms with Crippen molar-refractivity contribution in [1.29, 1.82) is 0 Å². The van der Waals surface area contributed by atoms with Crippen molar-refractivity contribution in [3.05, 3.63) is 0 Å². The number of carboxylic acids is 3. The Balaban J connectivity index is 3.01. The Bertz CT molecular complexity index is 267. The van der Waals surface area contributed by atoms with Crippen molar-refractivity contribution in [2.75, 3.05) is 0 Å². The lowest BCUT2D eigenvalue weighted by molar-refractivity contribution is -0.186. The molecule has 0 spiro atoms. The van der Waals surface area contributed by atoms with Gasteiger partial charge < -0.3 is 15.3 Å². The normalized spacial score (nSPS) is 24.5. The Kier molecular flexibility index (Phi) is 1.99. The molecule has 1 aliphatic rings. The fraction of sp³-hybridized carbons (Fsp3) is 0.571. The Morgan fingerprint density at radius 2 is 1.54 bits per heavy atom. The molecule has 0 saturated heterocycles. The van der Waals surface area contributed by atoms with Crippen LogP contribution < -0.4 is 0 Å². The highest BCUT2D eigenvalue weighted by Gasteiger charge is 2.62. The van der Waals surface area contributed by atoms with Crippen LogP contribution in [-0.4, -0.2) is 33.2 Å². The van der Waals surface area contributed by atoms with Crippen LogP contribution in [0.2, 0.25) is 0 Å². The molecule has 6 nitrogen and oxygen atoms in total. The van der Waals surface area contributed by atoms with E-state index in [1.807, 2.05) is 0 Å². The molecule has 1 rings (SSSR count). The van der Waals surface area contributed by atoms with Crippen LogP contribution in [-0.2, 0) is 14.4 Å². The van der Waals surface area contributed by atoms with E-state index in [0.717, 1.165) is 0 Å². The first kappa shape index (κ1) is 9.50. The molecule has 6 heteroatoms. The average molecular weight is 188 g/mol. The zero-order chi connectivity index (χ0) is 10.2. The minimum atomic E-state index is -2.11. The second-order valence-electron chi connectivity index (χ2n) is 3.01. The molecule has 72 valence electrons. The first-order valence-electron chi connectivity index (χ1n) is 3.62. The molecule has 0 aromatic carbocycles. The molecule has 3 N–H and O–H groups in total. The third-order valence-corrected chi connectivity index (χ3v) is 2.48. The number of aliphatic carboxylic acids is 3. The van der Waals surface area contributed by atoms with E-state index in [4.69, 9.17) is 15.3 Å². The lowest BCUT2D eigenvalue weighted by Gasteiger charge is -2.39. The van der Waals surface area contributed by atoms with E-state index < -0.39 is 29.2 Å². The highest BCUT2D eigenvalue weighted by molar-refractivity contribution is 6.03. The van der Waals surface area contributed by atoms with Crippen LogP contribution in [0, 0.1) is 11.3 Å². The molecule has 1 saturated carbocycles. The maximum absolute atomic E-state index is 10.6. The molecular formula is C7H8O6. The van der Waals surface area contributed by atoms with Gasteiger partial charge in [-0.05, 0) is 12.8 Å². The minimum absolute atomic E-state index is 0.105. The SMILES string of the molecule is O=C(O)[C@@H]1CCC1(C(=O)O)C(=O)O. The van der Waals surface area contributed by atoms with Crippen LogP contribution in [0.3, 0.4) is 0 Å². The highest BCUT2D eigenvalue weighted by Crippen LogP contribution is 2.47.